The number of carboxylic acid groups (broad SMARTS) is 1. The Hall–Kier alpha value is -1.26. The van der Waals surface area contributed by atoms with E-state index in [2.05, 4.69) is 0 Å². The summed E-state index contributed by atoms with van der Waals surface area (Å²) in [5.74, 6) is -0.965. The van der Waals surface area contributed by atoms with Gasteiger partial charge in [0.25, 0.3) is 0 Å². The van der Waals surface area contributed by atoms with Gasteiger partial charge in [-0.1, -0.05) is 11.6 Å². The fourth-order valence-corrected chi connectivity index (χ4v) is 1.59. The number of aromatic hydroxyl groups is 1. The third kappa shape index (κ3) is 2.84. The van der Waals surface area contributed by atoms with Crippen LogP contribution in [0.15, 0.2) is 12.1 Å². The van der Waals surface area contributed by atoms with Crippen molar-refractivity contribution in [3.05, 3.63) is 28.3 Å². The molecular formula is C10H12ClNO3. The molecular weight excluding hydrogens is 218 g/mol. The Bertz CT molecular complexity index is 392. The molecule has 1 aromatic carbocycles. The fourth-order valence-electron chi connectivity index (χ4n) is 1.35. The first-order chi connectivity index (χ1) is 6.91. The van der Waals surface area contributed by atoms with E-state index in [9.17, 15) is 9.90 Å². The Morgan fingerprint density at radius 3 is 2.73 bits per heavy atom. The van der Waals surface area contributed by atoms with Crippen molar-refractivity contribution >= 4 is 17.6 Å². The molecule has 5 heteroatoms. The molecule has 1 unspecified atom stereocenters. The third-order valence-electron chi connectivity index (χ3n) is 2.06. The zero-order valence-electron chi connectivity index (χ0n) is 8.20. The molecule has 0 aliphatic carbocycles. The van der Waals surface area contributed by atoms with Crippen molar-refractivity contribution in [1.82, 2.24) is 0 Å². The van der Waals surface area contributed by atoms with Crippen LogP contribution in [0.2, 0.25) is 5.02 Å². The summed E-state index contributed by atoms with van der Waals surface area (Å²) in [6.07, 6.45) is -0.220. The Kier molecular flexibility index (Phi) is 3.55. The molecule has 4 N–H and O–H groups in total. The fraction of sp³-hybridized carbons (Fsp3) is 0.300. The monoisotopic (exact) mass is 229 g/mol. The van der Waals surface area contributed by atoms with E-state index >= 15 is 0 Å². The number of hydrogen-bond donors (Lipinski definition) is 3. The molecule has 0 saturated heterocycles. The lowest BCUT2D eigenvalue weighted by molar-refractivity contribution is -0.137. The lowest BCUT2D eigenvalue weighted by atomic mass is 10.0. The van der Waals surface area contributed by atoms with Crippen molar-refractivity contribution in [3.8, 4) is 5.75 Å². The van der Waals surface area contributed by atoms with Crippen molar-refractivity contribution in [3.63, 3.8) is 0 Å². The highest BCUT2D eigenvalue weighted by atomic mass is 35.5. The number of nitrogens with two attached hydrogens (primary N) is 1. The minimum atomic E-state index is -1.00. The molecule has 0 radical (unpaired) electrons. The highest BCUT2D eigenvalue weighted by Gasteiger charge is 2.16. The van der Waals surface area contributed by atoms with Gasteiger partial charge < -0.3 is 15.9 Å². The minimum absolute atomic E-state index is 0.0349. The van der Waals surface area contributed by atoms with Crippen molar-refractivity contribution in [2.45, 2.75) is 19.4 Å². The first-order valence-electron chi connectivity index (χ1n) is 4.38. The van der Waals surface area contributed by atoms with Crippen molar-refractivity contribution in [1.29, 1.82) is 0 Å². The summed E-state index contributed by atoms with van der Waals surface area (Å²) in [5, 5.41) is 18.3. The number of phenolic OH excluding ortho intramolecular Hbond substituents is 1. The quantitative estimate of drug-likeness (QED) is 0.738. The van der Waals surface area contributed by atoms with E-state index in [0.29, 0.717) is 16.1 Å². The van der Waals surface area contributed by atoms with Gasteiger partial charge in [-0.15, -0.1) is 0 Å². The predicted molar refractivity (Wildman–Crippen MR) is 57.0 cm³/mol. The van der Waals surface area contributed by atoms with Gasteiger partial charge in [-0.25, -0.2) is 0 Å². The van der Waals surface area contributed by atoms with Crippen LogP contribution in [0.5, 0.6) is 5.75 Å². The number of carboxylic acids is 1. The van der Waals surface area contributed by atoms with Gasteiger partial charge in [0.2, 0.25) is 0 Å². The van der Waals surface area contributed by atoms with E-state index in [4.69, 9.17) is 22.4 Å². The van der Waals surface area contributed by atoms with Crippen LogP contribution in [-0.4, -0.2) is 16.2 Å². The second-order valence-electron chi connectivity index (χ2n) is 3.37. The molecule has 0 aromatic heterocycles. The van der Waals surface area contributed by atoms with E-state index in [0.717, 1.165) is 0 Å². The molecule has 0 bridgehead atoms. The first-order valence-corrected chi connectivity index (χ1v) is 4.76. The molecule has 0 aliphatic heterocycles. The van der Waals surface area contributed by atoms with Gasteiger partial charge in [0.1, 0.15) is 5.75 Å². The number of aliphatic carboxylic acids is 1. The van der Waals surface area contributed by atoms with Crippen LogP contribution in [0.3, 0.4) is 0 Å². The number of hydrogen-bond acceptors (Lipinski definition) is 3. The van der Waals surface area contributed by atoms with Crippen LogP contribution in [-0.2, 0) is 4.79 Å². The zero-order valence-corrected chi connectivity index (χ0v) is 8.95. The van der Waals surface area contributed by atoms with Crippen LogP contribution < -0.4 is 5.73 Å². The summed E-state index contributed by atoms with van der Waals surface area (Å²) >= 11 is 5.96. The molecule has 0 fully saturated rings. The number of benzene rings is 1. The summed E-state index contributed by atoms with van der Waals surface area (Å²) in [4.78, 5) is 10.5. The molecule has 4 nitrogen and oxygen atoms in total. The molecule has 0 heterocycles. The Morgan fingerprint density at radius 1 is 1.60 bits per heavy atom. The van der Waals surface area contributed by atoms with Crippen LogP contribution in [0.25, 0.3) is 0 Å². The van der Waals surface area contributed by atoms with Crippen molar-refractivity contribution in [2.24, 2.45) is 5.73 Å². The van der Waals surface area contributed by atoms with Crippen LogP contribution in [0.4, 0.5) is 0 Å². The summed E-state index contributed by atoms with van der Waals surface area (Å²) in [6, 6.07) is 2.18. The zero-order chi connectivity index (χ0) is 11.6. The van der Waals surface area contributed by atoms with Gasteiger partial charge in [0, 0.05) is 11.1 Å². The average molecular weight is 230 g/mol. The van der Waals surface area contributed by atoms with E-state index in [-0.39, 0.29) is 12.2 Å². The molecule has 15 heavy (non-hydrogen) atoms. The summed E-state index contributed by atoms with van der Waals surface area (Å²) in [5.41, 5.74) is 6.79. The number of aryl methyl sites for hydroxylation is 1. The topological polar surface area (TPSA) is 83.5 Å². The van der Waals surface area contributed by atoms with Gasteiger partial charge in [-0.3, -0.25) is 4.79 Å². The predicted octanol–water partition coefficient (Wildman–Crippen LogP) is 1.83. The summed E-state index contributed by atoms with van der Waals surface area (Å²) in [6.45, 7) is 1.72. The standard InChI is InChI=1S/C10H12ClNO3/c1-5-2-6(13)3-7(10(5)11)8(12)4-9(14)15/h2-3,8,13H,4,12H2,1H3,(H,14,15). The maximum Gasteiger partial charge on any atom is 0.305 e. The SMILES string of the molecule is Cc1cc(O)cc(C(N)CC(=O)O)c1Cl. The number of carbonyl (C=O) groups is 1. The molecule has 1 atom stereocenters. The third-order valence-corrected chi connectivity index (χ3v) is 2.58. The number of rotatable bonds is 3. The van der Waals surface area contributed by atoms with Gasteiger partial charge in [0.15, 0.2) is 0 Å². The van der Waals surface area contributed by atoms with Crippen LogP contribution >= 0.6 is 11.6 Å². The van der Waals surface area contributed by atoms with Crippen LogP contribution in [0.1, 0.15) is 23.6 Å². The molecule has 0 amide bonds. The van der Waals surface area contributed by atoms with Crippen molar-refractivity contribution in [2.75, 3.05) is 0 Å². The highest BCUT2D eigenvalue weighted by molar-refractivity contribution is 6.32. The molecule has 1 rings (SSSR count). The van der Waals surface area contributed by atoms with Gasteiger partial charge in [0.05, 0.1) is 6.42 Å². The van der Waals surface area contributed by atoms with Crippen molar-refractivity contribution < 1.29 is 15.0 Å². The molecule has 0 saturated carbocycles. The van der Waals surface area contributed by atoms with Gasteiger partial charge >= 0.3 is 5.97 Å². The van der Waals surface area contributed by atoms with Gasteiger partial charge in [-0.2, -0.15) is 0 Å². The summed E-state index contributed by atoms with van der Waals surface area (Å²) < 4.78 is 0. The minimum Gasteiger partial charge on any atom is -0.508 e. The molecule has 0 aliphatic rings. The van der Waals surface area contributed by atoms with E-state index in [1.54, 1.807) is 6.92 Å². The smallest absolute Gasteiger partial charge is 0.305 e. The van der Waals surface area contributed by atoms with Gasteiger partial charge in [-0.05, 0) is 30.2 Å². The highest BCUT2D eigenvalue weighted by Crippen LogP contribution is 2.30. The second-order valence-corrected chi connectivity index (χ2v) is 3.75. The number of phenols is 1. The Labute approximate surface area is 92.3 Å². The lowest BCUT2D eigenvalue weighted by Gasteiger charge is -2.13. The maximum absolute atomic E-state index is 10.5. The summed E-state index contributed by atoms with van der Waals surface area (Å²) in [7, 11) is 0. The molecule has 0 spiro atoms. The molecule has 1 aromatic rings. The lowest BCUT2D eigenvalue weighted by Crippen LogP contribution is -2.15. The second kappa shape index (κ2) is 4.51. The Balaban J connectivity index is 3.07. The largest absolute Gasteiger partial charge is 0.508 e. The van der Waals surface area contributed by atoms with E-state index < -0.39 is 12.0 Å². The van der Waals surface area contributed by atoms with Crippen LogP contribution in [0, 0.1) is 6.92 Å². The maximum atomic E-state index is 10.5. The number of halogens is 1. The van der Waals surface area contributed by atoms with E-state index in [1.165, 1.54) is 12.1 Å². The molecule has 82 valence electrons. The normalized spacial score (nSPS) is 12.5. The average Bonchev–Trinajstić information content (AvgIpc) is 2.09. The van der Waals surface area contributed by atoms with E-state index in [1.807, 2.05) is 0 Å². The Morgan fingerprint density at radius 2 is 2.20 bits per heavy atom. The first kappa shape index (κ1) is 11.8.